The molecule has 1 fully saturated rings. The Bertz CT molecular complexity index is 1070. The zero-order chi connectivity index (χ0) is 25.0. The number of rotatable bonds is 7. The van der Waals surface area contributed by atoms with Gasteiger partial charge in [-0.25, -0.2) is 10.9 Å². The maximum Gasteiger partial charge on any atom is 0.266 e. The van der Waals surface area contributed by atoms with E-state index in [2.05, 4.69) is 6.58 Å². The van der Waals surface area contributed by atoms with Crippen LogP contribution in [0.3, 0.4) is 0 Å². The summed E-state index contributed by atoms with van der Waals surface area (Å²) < 4.78 is 0. The molecule has 0 spiro atoms. The minimum absolute atomic E-state index is 0.159. The Labute approximate surface area is 210 Å². The molecule has 0 bridgehead atoms. The van der Waals surface area contributed by atoms with Crippen LogP contribution in [0.25, 0.3) is 0 Å². The number of piperidine rings is 1. The van der Waals surface area contributed by atoms with E-state index in [0.717, 1.165) is 11.1 Å². The lowest BCUT2D eigenvalue weighted by Gasteiger charge is -2.48. The van der Waals surface area contributed by atoms with Crippen molar-refractivity contribution in [2.24, 2.45) is 11.8 Å². The summed E-state index contributed by atoms with van der Waals surface area (Å²) in [7, 11) is 0. The number of halogens is 2. The molecule has 2 aromatic rings. The number of nitrogens with zero attached hydrogens (tertiary/aromatic N) is 2. The molecule has 6 nitrogen and oxygen atoms in total. The van der Waals surface area contributed by atoms with E-state index in [1.807, 2.05) is 30.3 Å². The Morgan fingerprint density at radius 2 is 1.85 bits per heavy atom. The summed E-state index contributed by atoms with van der Waals surface area (Å²) in [6, 6.07) is 13.4. The van der Waals surface area contributed by atoms with Crippen LogP contribution >= 0.6 is 23.2 Å². The molecule has 180 valence electrons. The van der Waals surface area contributed by atoms with Crippen LogP contribution in [0.4, 0.5) is 0 Å². The Morgan fingerprint density at radius 3 is 2.41 bits per heavy atom. The molecule has 2 N–H and O–H groups in total. The maximum absolute atomic E-state index is 13.8. The molecular weight excluding hydrogens is 473 g/mol. The number of likely N-dealkylation sites (tertiary alicyclic amines) is 1. The van der Waals surface area contributed by atoms with Gasteiger partial charge < -0.3 is 4.90 Å². The molecule has 4 atom stereocenters. The number of allylic oxidation sites excluding steroid dienone is 1. The van der Waals surface area contributed by atoms with Crippen molar-refractivity contribution in [1.29, 1.82) is 0 Å². The quantitative estimate of drug-likeness (QED) is 0.242. The first kappa shape index (κ1) is 25.9. The van der Waals surface area contributed by atoms with E-state index in [9.17, 15) is 14.4 Å². The number of hydrogen-bond acceptors (Lipinski definition) is 4. The van der Waals surface area contributed by atoms with Crippen molar-refractivity contribution in [3.63, 3.8) is 0 Å². The largest absolute Gasteiger partial charge is 0.323 e. The fraction of sp³-hybridized carbons (Fsp3) is 0.346. The van der Waals surface area contributed by atoms with E-state index in [-0.39, 0.29) is 17.7 Å². The van der Waals surface area contributed by atoms with Crippen LogP contribution in [0.5, 0.6) is 0 Å². The smallest absolute Gasteiger partial charge is 0.266 e. The van der Waals surface area contributed by atoms with Crippen LogP contribution in [0.1, 0.15) is 56.2 Å². The van der Waals surface area contributed by atoms with Gasteiger partial charge in [-0.15, -0.1) is 6.58 Å². The van der Waals surface area contributed by atoms with Gasteiger partial charge >= 0.3 is 0 Å². The number of carbonyl (C=O) groups is 3. The first-order valence-corrected chi connectivity index (χ1v) is 12.0. The average molecular weight is 502 g/mol. The second kappa shape index (κ2) is 11.2. The van der Waals surface area contributed by atoms with Gasteiger partial charge in [-0.1, -0.05) is 60.5 Å². The number of carbonyl (C=O) groups excluding carboxylic acids is 3. The van der Waals surface area contributed by atoms with Crippen LogP contribution in [0.15, 0.2) is 61.2 Å². The summed E-state index contributed by atoms with van der Waals surface area (Å²) in [5.41, 5.74) is 1.79. The Morgan fingerprint density at radius 1 is 1.18 bits per heavy atom. The van der Waals surface area contributed by atoms with E-state index in [4.69, 9.17) is 29.0 Å². The molecule has 0 aliphatic carbocycles. The summed E-state index contributed by atoms with van der Waals surface area (Å²) in [6.45, 7) is 6.83. The second-order valence-corrected chi connectivity index (χ2v) is 9.38. The molecular formula is C26H29Cl2N3O3. The molecule has 0 radical (unpaired) electrons. The topological polar surface area (TPSA) is 83.7 Å². The summed E-state index contributed by atoms with van der Waals surface area (Å²) in [5.74, 6) is 3.88. The van der Waals surface area contributed by atoms with Gasteiger partial charge in [0.15, 0.2) is 0 Å². The van der Waals surface area contributed by atoms with Crippen LogP contribution in [0, 0.1) is 5.92 Å². The van der Waals surface area contributed by atoms with Crippen molar-refractivity contribution in [1.82, 2.24) is 9.91 Å². The molecule has 2 aromatic carbocycles. The van der Waals surface area contributed by atoms with Gasteiger partial charge in [0.25, 0.3) is 5.91 Å². The highest BCUT2D eigenvalue weighted by molar-refractivity contribution is 6.30. The minimum Gasteiger partial charge on any atom is -0.323 e. The number of nitrogens with two attached hydrogens (primary N) is 1. The van der Waals surface area contributed by atoms with Crippen molar-refractivity contribution in [2.45, 2.75) is 51.1 Å². The molecule has 1 aliphatic rings. The van der Waals surface area contributed by atoms with Gasteiger partial charge in [0.05, 0.1) is 6.04 Å². The van der Waals surface area contributed by atoms with E-state index >= 15 is 0 Å². The van der Waals surface area contributed by atoms with Gasteiger partial charge in [0.2, 0.25) is 11.8 Å². The SMILES string of the molecule is C=CC[C@H]1C[C@H](c2cccc(Cl)c2)[C@@H](c2ccc(Cl)cc2)N(C(CC)C(=O)N(N)C(C)=O)C1=O. The standard InChI is InChI=1S/C26H29Cl2N3O3/c1-4-7-19-15-22(18-8-6-9-21(28)14-18)24(17-10-12-20(27)13-11-17)30(25(19)33)23(5-2)26(34)31(29)16(3)32/h4,6,8-14,19,22-24H,1,5,7,15,29H2,2-3H3/t19-,22+,23?,24+/m0/s1. The lowest BCUT2D eigenvalue weighted by atomic mass is 9.74. The normalized spacial score (nSPS) is 21.1. The summed E-state index contributed by atoms with van der Waals surface area (Å²) in [4.78, 5) is 40.6. The lowest BCUT2D eigenvalue weighted by molar-refractivity contribution is -0.159. The molecule has 0 saturated carbocycles. The van der Waals surface area contributed by atoms with E-state index in [1.54, 1.807) is 36.1 Å². The van der Waals surface area contributed by atoms with Crippen molar-refractivity contribution in [3.05, 3.63) is 82.4 Å². The Balaban J connectivity index is 2.21. The van der Waals surface area contributed by atoms with Gasteiger partial charge in [-0.2, -0.15) is 0 Å². The zero-order valence-corrected chi connectivity index (χ0v) is 20.8. The van der Waals surface area contributed by atoms with Crippen LogP contribution in [-0.4, -0.2) is 33.7 Å². The Kier molecular flexibility index (Phi) is 8.52. The highest BCUT2D eigenvalue weighted by Gasteiger charge is 2.47. The van der Waals surface area contributed by atoms with Gasteiger partial charge in [-0.05, 0) is 54.7 Å². The Hall–Kier alpha value is -2.67. The average Bonchev–Trinajstić information content (AvgIpc) is 2.81. The molecule has 3 rings (SSSR count). The second-order valence-electron chi connectivity index (χ2n) is 8.51. The monoisotopic (exact) mass is 501 g/mol. The predicted molar refractivity (Wildman–Crippen MR) is 134 cm³/mol. The van der Waals surface area contributed by atoms with Crippen molar-refractivity contribution in [3.8, 4) is 0 Å². The number of hydrazine groups is 1. The van der Waals surface area contributed by atoms with Gasteiger partial charge in [-0.3, -0.25) is 14.4 Å². The lowest BCUT2D eigenvalue weighted by Crippen LogP contribution is -2.58. The highest BCUT2D eigenvalue weighted by Crippen LogP contribution is 2.47. The first-order valence-electron chi connectivity index (χ1n) is 11.2. The van der Waals surface area contributed by atoms with E-state index in [0.29, 0.717) is 34.3 Å². The van der Waals surface area contributed by atoms with Crippen molar-refractivity contribution < 1.29 is 14.4 Å². The molecule has 1 aliphatic heterocycles. The van der Waals surface area contributed by atoms with Gasteiger partial charge in [0.1, 0.15) is 6.04 Å². The third-order valence-electron chi connectivity index (χ3n) is 6.35. The number of imide groups is 1. The molecule has 3 amide bonds. The maximum atomic E-state index is 13.8. The summed E-state index contributed by atoms with van der Waals surface area (Å²) in [6.07, 6.45) is 3.02. The number of hydrogen-bond donors (Lipinski definition) is 1. The van der Waals surface area contributed by atoms with E-state index < -0.39 is 23.9 Å². The van der Waals surface area contributed by atoms with Crippen LogP contribution in [-0.2, 0) is 14.4 Å². The summed E-state index contributed by atoms with van der Waals surface area (Å²) >= 11 is 12.5. The number of benzene rings is 2. The summed E-state index contributed by atoms with van der Waals surface area (Å²) in [5, 5.41) is 1.74. The molecule has 1 saturated heterocycles. The van der Waals surface area contributed by atoms with Crippen molar-refractivity contribution >= 4 is 40.9 Å². The van der Waals surface area contributed by atoms with Crippen LogP contribution in [0.2, 0.25) is 10.0 Å². The first-order chi connectivity index (χ1) is 16.2. The molecule has 1 heterocycles. The third-order valence-corrected chi connectivity index (χ3v) is 6.83. The van der Waals surface area contributed by atoms with Crippen molar-refractivity contribution in [2.75, 3.05) is 0 Å². The molecule has 1 unspecified atom stereocenters. The molecule has 0 aromatic heterocycles. The zero-order valence-electron chi connectivity index (χ0n) is 19.3. The predicted octanol–water partition coefficient (Wildman–Crippen LogP) is 5.27. The number of amides is 3. The fourth-order valence-electron chi connectivity index (χ4n) is 4.74. The molecule has 34 heavy (non-hydrogen) atoms. The third kappa shape index (κ3) is 5.35. The van der Waals surface area contributed by atoms with Gasteiger partial charge in [0, 0.05) is 28.8 Å². The van der Waals surface area contributed by atoms with E-state index in [1.165, 1.54) is 6.92 Å². The fourth-order valence-corrected chi connectivity index (χ4v) is 5.06. The minimum atomic E-state index is -0.920. The molecule has 8 heteroatoms. The van der Waals surface area contributed by atoms with Crippen LogP contribution < -0.4 is 5.84 Å². The highest BCUT2D eigenvalue weighted by atomic mass is 35.5.